The van der Waals surface area contributed by atoms with E-state index in [9.17, 15) is 9.90 Å². The van der Waals surface area contributed by atoms with Crippen molar-refractivity contribution in [2.45, 2.75) is 12.1 Å². The third-order valence-electron chi connectivity index (χ3n) is 2.83. The Labute approximate surface area is 124 Å². The van der Waals surface area contributed by atoms with E-state index in [1.54, 1.807) is 36.5 Å². The van der Waals surface area contributed by atoms with Crippen LogP contribution in [0.4, 0.5) is 4.79 Å². The SMILES string of the molecule is O=C(O)N[C@H](c1cccc(Br)c1)[C@@H](O)c1cccnc1. The molecule has 1 aromatic carbocycles. The fourth-order valence-corrected chi connectivity index (χ4v) is 2.34. The molecule has 0 bridgehead atoms. The van der Waals surface area contributed by atoms with Crippen molar-refractivity contribution in [3.05, 3.63) is 64.4 Å². The molecule has 0 aliphatic rings. The van der Waals surface area contributed by atoms with Crippen LogP contribution < -0.4 is 5.32 Å². The number of pyridine rings is 1. The molecule has 0 radical (unpaired) electrons. The van der Waals surface area contributed by atoms with Crippen LogP contribution in [0.3, 0.4) is 0 Å². The zero-order valence-corrected chi connectivity index (χ0v) is 12.0. The number of aromatic nitrogens is 1. The van der Waals surface area contributed by atoms with E-state index in [1.807, 2.05) is 6.07 Å². The number of nitrogens with zero attached hydrogens (tertiary/aromatic N) is 1. The van der Waals surface area contributed by atoms with Crippen LogP contribution in [-0.4, -0.2) is 21.3 Å². The van der Waals surface area contributed by atoms with E-state index < -0.39 is 18.2 Å². The van der Waals surface area contributed by atoms with Crippen LogP contribution in [0, 0.1) is 0 Å². The normalized spacial score (nSPS) is 13.5. The average Bonchev–Trinajstić information content (AvgIpc) is 2.45. The molecule has 0 spiro atoms. The van der Waals surface area contributed by atoms with E-state index in [4.69, 9.17) is 5.11 Å². The summed E-state index contributed by atoms with van der Waals surface area (Å²) in [6.07, 6.45) is 0.890. The van der Waals surface area contributed by atoms with Gasteiger partial charge in [0.05, 0.1) is 6.04 Å². The molecule has 1 amide bonds. The molecule has 1 aromatic heterocycles. The maximum Gasteiger partial charge on any atom is 0.405 e. The van der Waals surface area contributed by atoms with Crippen LogP contribution in [0.25, 0.3) is 0 Å². The van der Waals surface area contributed by atoms with Crippen molar-refractivity contribution in [1.29, 1.82) is 0 Å². The largest absolute Gasteiger partial charge is 0.465 e. The van der Waals surface area contributed by atoms with Gasteiger partial charge in [-0.05, 0) is 23.8 Å². The highest BCUT2D eigenvalue weighted by Gasteiger charge is 2.24. The minimum absolute atomic E-state index is 0.547. The summed E-state index contributed by atoms with van der Waals surface area (Å²) in [4.78, 5) is 14.9. The minimum atomic E-state index is -1.20. The first-order chi connectivity index (χ1) is 9.58. The van der Waals surface area contributed by atoms with Crippen molar-refractivity contribution < 1.29 is 15.0 Å². The Hall–Kier alpha value is -1.92. The highest BCUT2D eigenvalue weighted by atomic mass is 79.9. The number of hydrogen-bond donors (Lipinski definition) is 3. The number of aliphatic hydroxyl groups excluding tert-OH is 1. The highest BCUT2D eigenvalue weighted by molar-refractivity contribution is 9.10. The Morgan fingerprint density at radius 1 is 1.25 bits per heavy atom. The Balaban J connectivity index is 2.35. The number of halogens is 1. The molecule has 3 N–H and O–H groups in total. The fraction of sp³-hybridized carbons (Fsp3) is 0.143. The Kier molecular flexibility index (Phi) is 4.70. The summed E-state index contributed by atoms with van der Waals surface area (Å²) in [6.45, 7) is 0. The molecule has 5 nitrogen and oxygen atoms in total. The molecule has 2 atom stereocenters. The van der Waals surface area contributed by atoms with Crippen LogP contribution in [0.15, 0.2) is 53.3 Å². The van der Waals surface area contributed by atoms with Crippen molar-refractivity contribution in [3.63, 3.8) is 0 Å². The second kappa shape index (κ2) is 6.49. The van der Waals surface area contributed by atoms with Crippen molar-refractivity contribution >= 4 is 22.0 Å². The third kappa shape index (κ3) is 3.55. The smallest absolute Gasteiger partial charge is 0.405 e. The van der Waals surface area contributed by atoms with E-state index in [2.05, 4.69) is 26.2 Å². The summed E-state index contributed by atoms with van der Waals surface area (Å²) in [5.74, 6) is 0. The van der Waals surface area contributed by atoms with Crippen LogP contribution in [-0.2, 0) is 0 Å². The molecule has 0 aliphatic carbocycles. The van der Waals surface area contributed by atoms with Gasteiger partial charge in [0, 0.05) is 22.4 Å². The van der Waals surface area contributed by atoms with Crippen LogP contribution in [0.5, 0.6) is 0 Å². The van der Waals surface area contributed by atoms with E-state index >= 15 is 0 Å². The van der Waals surface area contributed by atoms with Gasteiger partial charge in [-0.15, -0.1) is 0 Å². The highest BCUT2D eigenvalue weighted by Crippen LogP contribution is 2.29. The van der Waals surface area contributed by atoms with Gasteiger partial charge in [0.25, 0.3) is 0 Å². The molecular formula is C14H13BrN2O3. The lowest BCUT2D eigenvalue weighted by Crippen LogP contribution is -2.31. The Morgan fingerprint density at radius 2 is 2.00 bits per heavy atom. The number of rotatable bonds is 4. The molecule has 2 aromatic rings. The van der Waals surface area contributed by atoms with Crippen molar-refractivity contribution in [2.24, 2.45) is 0 Å². The molecule has 20 heavy (non-hydrogen) atoms. The molecule has 0 saturated heterocycles. The number of carboxylic acid groups (broad SMARTS) is 1. The molecule has 2 rings (SSSR count). The van der Waals surface area contributed by atoms with Gasteiger partial charge in [0.1, 0.15) is 6.10 Å². The van der Waals surface area contributed by atoms with Gasteiger partial charge in [-0.25, -0.2) is 4.79 Å². The van der Waals surface area contributed by atoms with Crippen LogP contribution >= 0.6 is 15.9 Å². The molecule has 0 saturated carbocycles. The van der Waals surface area contributed by atoms with E-state index in [0.717, 1.165) is 4.47 Å². The lowest BCUT2D eigenvalue weighted by atomic mass is 9.97. The summed E-state index contributed by atoms with van der Waals surface area (Å²) < 4.78 is 0.811. The molecule has 1 heterocycles. The number of hydrogen-bond acceptors (Lipinski definition) is 3. The third-order valence-corrected chi connectivity index (χ3v) is 3.32. The second-order valence-corrected chi connectivity index (χ2v) is 5.13. The van der Waals surface area contributed by atoms with Gasteiger partial charge < -0.3 is 15.5 Å². The summed E-state index contributed by atoms with van der Waals surface area (Å²) in [5.41, 5.74) is 1.21. The molecule has 6 heteroatoms. The van der Waals surface area contributed by atoms with E-state index in [1.165, 1.54) is 6.20 Å². The summed E-state index contributed by atoms with van der Waals surface area (Å²) in [5, 5.41) is 21.7. The molecule has 0 unspecified atom stereocenters. The van der Waals surface area contributed by atoms with Gasteiger partial charge in [0.15, 0.2) is 0 Å². The topological polar surface area (TPSA) is 82.5 Å². The molecule has 104 valence electrons. The maximum atomic E-state index is 11.0. The lowest BCUT2D eigenvalue weighted by Gasteiger charge is -2.23. The predicted octanol–water partition coefficient (Wildman–Crippen LogP) is 2.89. The number of aliphatic hydroxyl groups is 1. The maximum absolute atomic E-state index is 11.0. The summed E-state index contributed by atoms with van der Waals surface area (Å²) >= 11 is 3.33. The number of amides is 1. The fourth-order valence-electron chi connectivity index (χ4n) is 1.92. The number of carbonyl (C=O) groups is 1. The van der Waals surface area contributed by atoms with Crippen molar-refractivity contribution in [2.75, 3.05) is 0 Å². The monoisotopic (exact) mass is 336 g/mol. The van der Waals surface area contributed by atoms with Gasteiger partial charge >= 0.3 is 6.09 Å². The van der Waals surface area contributed by atoms with E-state index in [-0.39, 0.29) is 0 Å². The molecule has 0 aliphatic heterocycles. The van der Waals surface area contributed by atoms with Crippen molar-refractivity contribution in [3.8, 4) is 0 Å². The van der Waals surface area contributed by atoms with Gasteiger partial charge in [-0.3, -0.25) is 4.98 Å². The first kappa shape index (κ1) is 14.5. The molecular weight excluding hydrogens is 324 g/mol. The number of nitrogens with one attached hydrogen (secondary N) is 1. The van der Waals surface area contributed by atoms with Crippen LogP contribution in [0.2, 0.25) is 0 Å². The van der Waals surface area contributed by atoms with Gasteiger partial charge in [-0.1, -0.05) is 34.1 Å². The predicted molar refractivity (Wildman–Crippen MR) is 77.2 cm³/mol. The van der Waals surface area contributed by atoms with Crippen molar-refractivity contribution in [1.82, 2.24) is 10.3 Å². The quantitative estimate of drug-likeness (QED) is 0.801. The number of benzene rings is 1. The first-order valence-electron chi connectivity index (χ1n) is 5.91. The molecule has 0 fully saturated rings. The summed E-state index contributed by atoms with van der Waals surface area (Å²) in [6, 6.07) is 9.76. The standard InChI is InChI=1S/C14H13BrN2O3/c15-11-5-1-3-9(7-11)12(17-14(19)20)13(18)10-4-2-6-16-8-10/h1-8,12-13,17-18H,(H,19,20)/t12-,13+/m1/s1. The van der Waals surface area contributed by atoms with Crippen LogP contribution in [0.1, 0.15) is 23.3 Å². The lowest BCUT2D eigenvalue weighted by molar-refractivity contribution is 0.120. The second-order valence-electron chi connectivity index (χ2n) is 4.21. The zero-order chi connectivity index (χ0) is 14.5. The average molecular weight is 337 g/mol. The minimum Gasteiger partial charge on any atom is -0.465 e. The van der Waals surface area contributed by atoms with E-state index in [0.29, 0.717) is 11.1 Å². The summed E-state index contributed by atoms with van der Waals surface area (Å²) in [7, 11) is 0. The first-order valence-corrected chi connectivity index (χ1v) is 6.70. The Morgan fingerprint density at radius 3 is 2.60 bits per heavy atom. The van der Waals surface area contributed by atoms with Gasteiger partial charge in [-0.2, -0.15) is 0 Å². The Bertz CT molecular complexity index is 592. The van der Waals surface area contributed by atoms with Gasteiger partial charge in [0.2, 0.25) is 0 Å². The zero-order valence-electron chi connectivity index (χ0n) is 10.4.